The first-order valence-corrected chi connectivity index (χ1v) is 10.1. The Morgan fingerprint density at radius 2 is 0.880 bits per heavy atom. The van der Waals surface area contributed by atoms with E-state index >= 15 is 0 Å². The van der Waals surface area contributed by atoms with Gasteiger partial charge < -0.3 is 0 Å². The van der Waals surface area contributed by atoms with E-state index in [4.69, 9.17) is 0 Å². The maximum absolute atomic E-state index is 12.9. The molecule has 0 fully saturated rings. The van der Waals surface area contributed by atoms with Crippen LogP contribution in [0.25, 0.3) is 0 Å². The van der Waals surface area contributed by atoms with Crippen LogP contribution in [0.15, 0.2) is 24.3 Å². The van der Waals surface area contributed by atoms with Gasteiger partial charge >= 0.3 is 148 Å². The minimum absolute atomic E-state index is 0.234. The molecule has 5 heteroatoms. The van der Waals surface area contributed by atoms with Crippen molar-refractivity contribution in [3.63, 3.8) is 0 Å². The fourth-order valence-corrected chi connectivity index (χ4v) is 5.22. The Hall–Kier alpha value is -1.87. The number of hydrogen-bond acceptors (Lipinski definition) is 4. The van der Waals surface area contributed by atoms with Crippen molar-refractivity contribution < 1.29 is 19.4 Å². The quantitative estimate of drug-likeness (QED) is 0.806. The Labute approximate surface area is 149 Å². The molecule has 2 rings (SSSR count). The van der Waals surface area contributed by atoms with Gasteiger partial charge in [-0.1, -0.05) is 0 Å². The van der Waals surface area contributed by atoms with E-state index in [2.05, 4.69) is 0 Å². The summed E-state index contributed by atoms with van der Waals surface area (Å²) >= 11 is 0. The van der Waals surface area contributed by atoms with Crippen molar-refractivity contribution in [3.8, 4) is 0 Å². The van der Waals surface area contributed by atoms with Gasteiger partial charge in [0.05, 0.1) is 0 Å². The summed E-state index contributed by atoms with van der Waals surface area (Å²) in [5, 5.41) is 0. The molecule has 0 amide bonds. The number of aryl methyl sites for hydroxylation is 6. The Kier molecular flexibility index (Phi) is 5.29. The van der Waals surface area contributed by atoms with Crippen LogP contribution in [0.3, 0.4) is 0 Å². The van der Waals surface area contributed by atoms with Crippen molar-refractivity contribution >= 4 is 18.8 Å². The maximum atomic E-state index is 12.9. The second kappa shape index (κ2) is 6.80. The Balaban J connectivity index is 2.56. The van der Waals surface area contributed by atoms with Gasteiger partial charge in [-0.25, -0.2) is 0 Å². The van der Waals surface area contributed by atoms with Crippen LogP contribution in [-0.2, 0) is 0 Å². The van der Waals surface area contributed by atoms with Gasteiger partial charge in [-0.15, -0.1) is 0 Å². The molecular formula is C20H25O4P. The Morgan fingerprint density at radius 1 is 0.640 bits per heavy atom. The van der Waals surface area contributed by atoms with E-state index < -0.39 is 18.8 Å². The second-order valence-corrected chi connectivity index (χ2v) is 9.13. The van der Waals surface area contributed by atoms with Crippen molar-refractivity contribution in [1.29, 1.82) is 0 Å². The molecule has 2 aromatic rings. The van der Waals surface area contributed by atoms with E-state index in [1.54, 1.807) is 52.0 Å². The van der Waals surface area contributed by atoms with Crippen molar-refractivity contribution in [3.05, 3.63) is 68.8 Å². The summed E-state index contributed by atoms with van der Waals surface area (Å²) in [6, 6.07) is 7.21. The molecule has 0 saturated heterocycles. The van der Waals surface area contributed by atoms with Crippen LogP contribution >= 0.6 is 7.72 Å². The third kappa shape index (κ3) is 3.57. The SMILES string of the molecule is Cc1cc(C)c(C(=O)[PH](O)(O)C(=O)c2c(C)cc(C)cc2C)c(C)c1. The molecular weight excluding hydrogens is 335 g/mol. The monoisotopic (exact) mass is 360 g/mol. The molecule has 0 bridgehead atoms. The van der Waals surface area contributed by atoms with E-state index in [1.165, 1.54) is 0 Å². The van der Waals surface area contributed by atoms with Gasteiger partial charge in [-0.05, 0) is 0 Å². The van der Waals surface area contributed by atoms with Crippen LogP contribution in [0.4, 0.5) is 0 Å². The fourth-order valence-electron chi connectivity index (χ4n) is 3.53. The summed E-state index contributed by atoms with van der Waals surface area (Å²) in [5.74, 6) is 0. The third-order valence-corrected chi connectivity index (χ3v) is 6.21. The molecule has 0 heterocycles. The average molecular weight is 360 g/mol. The number of carbonyl (C=O) groups excluding carboxylic acids is 2. The Bertz CT molecular complexity index is 764. The number of hydrogen-bond donors (Lipinski definition) is 2. The van der Waals surface area contributed by atoms with Gasteiger partial charge in [0, 0.05) is 0 Å². The summed E-state index contributed by atoms with van der Waals surface area (Å²) in [7, 11) is -4.83. The molecule has 0 aliphatic carbocycles. The predicted octanol–water partition coefficient (Wildman–Crippen LogP) is 4.08. The fraction of sp³-hybridized carbons (Fsp3) is 0.300. The molecule has 0 aliphatic heterocycles. The van der Waals surface area contributed by atoms with Gasteiger partial charge in [-0.3, -0.25) is 0 Å². The molecule has 0 saturated carbocycles. The van der Waals surface area contributed by atoms with Crippen LogP contribution in [0.1, 0.15) is 54.1 Å². The van der Waals surface area contributed by atoms with Gasteiger partial charge in [0.15, 0.2) is 0 Å². The van der Waals surface area contributed by atoms with Crippen molar-refractivity contribution in [2.24, 2.45) is 0 Å². The summed E-state index contributed by atoms with van der Waals surface area (Å²) in [6.07, 6.45) is 0. The van der Waals surface area contributed by atoms with E-state index in [1.807, 2.05) is 13.8 Å². The van der Waals surface area contributed by atoms with E-state index in [9.17, 15) is 19.4 Å². The molecule has 0 aliphatic rings. The number of carbonyl (C=O) groups is 2. The van der Waals surface area contributed by atoms with Gasteiger partial charge in [-0.2, -0.15) is 0 Å². The summed E-state index contributed by atoms with van der Waals surface area (Å²) in [6.45, 7) is 10.8. The molecule has 0 unspecified atom stereocenters. The van der Waals surface area contributed by atoms with Crippen molar-refractivity contribution in [1.82, 2.24) is 0 Å². The molecule has 134 valence electrons. The molecule has 0 aromatic heterocycles. The summed E-state index contributed by atoms with van der Waals surface area (Å²) < 4.78 is 0. The van der Waals surface area contributed by atoms with Crippen LogP contribution in [0, 0.1) is 41.5 Å². The van der Waals surface area contributed by atoms with Gasteiger partial charge in [0.25, 0.3) is 0 Å². The normalized spacial score (nSPS) is 12.2. The third-order valence-electron chi connectivity index (χ3n) is 4.44. The van der Waals surface area contributed by atoms with Crippen LogP contribution < -0.4 is 0 Å². The molecule has 0 atom stereocenters. The van der Waals surface area contributed by atoms with Crippen molar-refractivity contribution in [2.75, 3.05) is 0 Å². The molecule has 4 nitrogen and oxygen atoms in total. The van der Waals surface area contributed by atoms with E-state index in [-0.39, 0.29) is 11.1 Å². The molecule has 2 aromatic carbocycles. The van der Waals surface area contributed by atoms with Crippen LogP contribution in [0.2, 0.25) is 0 Å². The molecule has 25 heavy (non-hydrogen) atoms. The number of benzene rings is 2. The predicted molar refractivity (Wildman–Crippen MR) is 103 cm³/mol. The summed E-state index contributed by atoms with van der Waals surface area (Å²) in [5.41, 5.74) is 3.30. The summed E-state index contributed by atoms with van der Waals surface area (Å²) in [4.78, 5) is 46.9. The first-order valence-electron chi connectivity index (χ1n) is 8.16. The van der Waals surface area contributed by atoms with E-state index in [0.29, 0.717) is 22.3 Å². The Morgan fingerprint density at radius 3 is 1.12 bits per heavy atom. The molecule has 0 radical (unpaired) electrons. The topological polar surface area (TPSA) is 74.6 Å². The minimum atomic E-state index is -4.83. The first-order chi connectivity index (χ1) is 11.5. The molecule has 0 spiro atoms. The molecule has 2 N–H and O–H groups in total. The van der Waals surface area contributed by atoms with E-state index in [0.717, 1.165) is 11.1 Å². The number of rotatable bonds is 4. The van der Waals surface area contributed by atoms with Gasteiger partial charge in [0.2, 0.25) is 0 Å². The zero-order chi connectivity index (χ0) is 19.1. The van der Waals surface area contributed by atoms with Gasteiger partial charge in [0.1, 0.15) is 0 Å². The zero-order valence-electron chi connectivity index (χ0n) is 15.5. The standard InChI is InChI=1S/C20H25O4P/c1-11-7-13(3)17(14(4)8-11)19(21)25(23,24)20(22)18-15(5)9-12(2)10-16(18)6/h7-10,23-25H,1-6H3. The second-order valence-electron chi connectivity index (χ2n) is 6.88. The van der Waals surface area contributed by atoms with Crippen molar-refractivity contribution in [2.45, 2.75) is 41.5 Å². The average Bonchev–Trinajstić information content (AvgIpc) is 2.44. The van der Waals surface area contributed by atoms with Crippen LogP contribution in [0.5, 0.6) is 0 Å². The first kappa shape index (κ1) is 19.5. The van der Waals surface area contributed by atoms with Crippen LogP contribution in [-0.4, -0.2) is 20.8 Å². The zero-order valence-corrected chi connectivity index (χ0v) is 16.5.